The lowest BCUT2D eigenvalue weighted by Gasteiger charge is -2.34. The van der Waals surface area contributed by atoms with Gasteiger partial charge in [0.05, 0.1) is 0 Å². The summed E-state index contributed by atoms with van der Waals surface area (Å²) < 4.78 is 18.6. The summed E-state index contributed by atoms with van der Waals surface area (Å²) in [4.78, 5) is 13.4. The van der Waals surface area contributed by atoms with Crippen LogP contribution >= 0.6 is 0 Å². The number of nitrogens with zero attached hydrogens (tertiary/aromatic N) is 1. The fourth-order valence-corrected chi connectivity index (χ4v) is 1.96. The molecule has 4 nitrogen and oxygen atoms in total. The van der Waals surface area contributed by atoms with Gasteiger partial charge in [-0.3, -0.25) is 0 Å². The zero-order valence-corrected chi connectivity index (χ0v) is 10.9. The lowest BCUT2D eigenvalue weighted by Crippen LogP contribution is -2.44. The fraction of sp³-hybridized carbons (Fsp3) is 0.917. The van der Waals surface area contributed by atoms with E-state index in [0.29, 0.717) is 25.9 Å². The Hall–Kier alpha value is -0.840. The Morgan fingerprint density at radius 3 is 2.41 bits per heavy atom. The minimum atomic E-state index is -0.948. The van der Waals surface area contributed by atoms with E-state index in [1.165, 1.54) is 0 Å². The van der Waals surface area contributed by atoms with E-state index in [0.717, 1.165) is 0 Å². The number of nitrogens with two attached hydrogens (primary N) is 1. The molecular formula is C12H23FN2O2. The molecule has 1 atom stereocenters. The Morgan fingerprint density at radius 1 is 1.47 bits per heavy atom. The maximum Gasteiger partial charge on any atom is 0.410 e. The summed E-state index contributed by atoms with van der Waals surface area (Å²) in [6.07, 6.45) is 0.0739. The summed E-state index contributed by atoms with van der Waals surface area (Å²) in [7, 11) is 0. The van der Waals surface area contributed by atoms with Crippen LogP contribution in [0.15, 0.2) is 0 Å². The molecule has 1 aliphatic heterocycles. The summed E-state index contributed by atoms with van der Waals surface area (Å²) in [6, 6.07) is 0. The van der Waals surface area contributed by atoms with Crippen molar-refractivity contribution in [2.45, 2.75) is 45.4 Å². The van der Waals surface area contributed by atoms with Gasteiger partial charge in [-0.2, -0.15) is 0 Å². The Kier molecular flexibility index (Phi) is 4.74. The van der Waals surface area contributed by atoms with Crippen molar-refractivity contribution in [1.82, 2.24) is 4.90 Å². The number of carbonyl (C=O) groups is 1. The van der Waals surface area contributed by atoms with Crippen molar-refractivity contribution in [2.75, 3.05) is 19.6 Å². The highest BCUT2D eigenvalue weighted by molar-refractivity contribution is 5.68. The third-order valence-corrected chi connectivity index (χ3v) is 2.93. The lowest BCUT2D eigenvalue weighted by molar-refractivity contribution is 0.0148. The minimum absolute atomic E-state index is 0.0151. The molecular weight excluding hydrogens is 223 g/mol. The van der Waals surface area contributed by atoms with E-state index in [1.807, 2.05) is 20.8 Å². The number of alkyl halides is 1. The number of ether oxygens (including phenoxy) is 1. The number of halogens is 1. The van der Waals surface area contributed by atoms with Gasteiger partial charge in [-0.05, 0) is 39.5 Å². The van der Waals surface area contributed by atoms with E-state index in [2.05, 4.69) is 0 Å². The van der Waals surface area contributed by atoms with Crippen molar-refractivity contribution in [3.05, 3.63) is 0 Å². The van der Waals surface area contributed by atoms with Crippen LogP contribution in [-0.2, 0) is 4.74 Å². The van der Waals surface area contributed by atoms with Gasteiger partial charge in [0.15, 0.2) is 0 Å². The van der Waals surface area contributed by atoms with Crippen LogP contribution < -0.4 is 5.73 Å². The predicted octanol–water partition coefficient (Wildman–Crippen LogP) is 1.93. The Bertz CT molecular complexity index is 258. The monoisotopic (exact) mass is 246 g/mol. The van der Waals surface area contributed by atoms with Crippen molar-refractivity contribution in [3.63, 3.8) is 0 Å². The standard InChI is InChI=1S/C12H23FN2O2/c1-12(2,3)17-11(16)15-6-4-9(5-7-15)10(13)8-14/h9-10H,4-8,14H2,1-3H3/t10-/m1/s1. The number of piperidine rings is 1. The van der Waals surface area contributed by atoms with Gasteiger partial charge in [-0.15, -0.1) is 0 Å². The van der Waals surface area contributed by atoms with Crippen LogP contribution in [0.2, 0.25) is 0 Å². The molecule has 0 aromatic heterocycles. The molecule has 0 unspecified atom stereocenters. The van der Waals surface area contributed by atoms with E-state index >= 15 is 0 Å². The second kappa shape index (κ2) is 5.67. The van der Waals surface area contributed by atoms with E-state index < -0.39 is 11.8 Å². The summed E-state index contributed by atoms with van der Waals surface area (Å²) >= 11 is 0. The maximum absolute atomic E-state index is 13.4. The molecule has 0 aromatic rings. The van der Waals surface area contributed by atoms with E-state index in [9.17, 15) is 9.18 Å². The molecule has 0 bridgehead atoms. The molecule has 1 fully saturated rings. The molecule has 5 heteroatoms. The second-order valence-electron chi connectivity index (χ2n) is 5.56. The van der Waals surface area contributed by atoms with Gasteiger partial charge in [0.2, 0.25) is 0 Å². The zero-order valence-electron chi connectivity index (χ0n) is 10.9. The molecule has 0 spiro atoms. The van der Waals surface area contributed by atoms with Crippen molar-refractivity contribution in [3.8, 4) is 0 Å². The van der Waals surface area contributed by atoms with Gasteiger partial charge in [0, 0.05) is 19.6 Å². The summed E-state index contributed by atoms with van der Waals surface area (Å²) in [5, 5.41) is 0. The highest BCUT2D eigenvalue weighted by Gasteiger charge is 2.29. The van der Waals surface area contributed by atoms with Crippen LogP contribution in [0, 0.1) is 5.92 Å². The SMILES string of the molecule is CC(C)(C)OC(=O)N1CCC([C@H](F)CN)CC1. The highest BCUT2D eigenvalue weighted by atomic mass is 19.1. The van der Waals surface area contributed by atoms with Gasteiger partial charge in [-0.25, -0.2) is 9.18 Å². The van der Waals surface area contributed by atoms with Crippen LogP contribution in [-0.4, -0.2) is 42.4 Å². The van der Waals surface area contributed by atoms with Crippen molar-refractivity contribution >= 4 is 6.09 Å². The number of carbonyl (C=O) groups excluding carboxylic acids is 1. The quantitative estimate of drug-likeness (QED) is 0.810. The minimum Gasteiger partial charge on any atom is -0.444 e. The number of hydrogen-bond donors (Lipinski definition) is 1. The van der Waals surface area contributed by atoms with Crippen LogP contribution in [0.25, 0.3) is 0 Å². The predicted molar refractivity (Wildman–Crippen MR) is 64.5 cm³/mol. The maximum atomic E-state index is 13.4. The van der Waals surface area contributed by atoms with Crippen molar-refractivity contribution in [1.29, 1.82) is 0 Å². The first-order valence-electron chi connectivity index (χ1n) is 6.15. The largest absolute Gasteiger partial charge is 0.444 e. The molecule has 0 radical (unpaired) electrons. The molecule has 100 valence electrons. The third kappa shape index (κ3) is 4.50. The zero-order chi connectivity index (χ0) is 13.1. The van der Waals surface area contributed by atoms with Gasteiger partial charge >= 0.3 is 6.09 Å². The molecule has 1 saturated heterocycles. The highest BCUT2D eigenvalue weighted by Crippen LogP contribution is 2.23. The molecule has 1 heterocycles. The van der Waals surface area contributed by atoms with Gasteiger partial charge in [-0.1, -0.05) is 0 Å². The Morgan fingerprint density at radius 2 is 2.00 bits per heavy atom. The van der Waals surface area contributed by atoms with Crippen molar-refractivity contribution < 1.29 is 13.9 Å². The molecule has 1 aliphatic rings. The molecule has 17 heavy (non-hydrogen) atoms. The normalized spacial score (nSPS) is 20.2. The molecule has 2 N–H and O–H groups in total. The number of rotatable bonds is 2. The summed E-state index contributed by atoms with van der Waals surface area (Å²) in [6.45, 7) is 6.69. The fourth-order valence-electron chi connectivity index (χ4n) is 1.96. The molecule has 0 aromatic carbocycles. The second-order valence-corrected chi connectivity index (χ2v) is 5.56. The molecule has 1 rings (SSSR count). The molecule has 0 saturated carbocycles. The van der Waals surface area contributed by atoms with E-state index in [1.54, 1.807) is 4.90 Å². The smallest absolute Gasteiger partial charge is 0.410 e. The van der Waals surface area contributed by atoms with Crippen LogP contribution in [0.3, 0.4) is 0 Å². The number of amides is 1. The van der Waals surface area contributed by atoms with Crippen molar-refractivity contribution in [2.24, 2.45) is 11.7 Å². The van der Waals surface area contributed by atoms with E-state index in [4.69, 9.17) is 10.5 Å². The molecule has 0 aliphatic carbocycles. The van der Waals surface area contributed by atoms with Crippen LogP contribution in [0.4, 0.5) is 9.18 Å². The number of hydrogen-bond acceptors (Lipinski definition) is 3. The summed E-state index contributed by atoms with van der Waals surface area (Å²) in [5.74, 6) is -0.0151. The topological polar surface area (TPSA) is 55.6 Å². The Balaban J connectivity index is 2.39. The third-order valence-electron chi connectivity index (χ3n) is 2.93. The first-order chi connectivity index (χ1) is 7.83. The molecule has 1 amide bonds. The first-order valence-corrected chi connectivity index (χ1v) is 6.15. The van der Waals surface area contributed by atoms with Gasteiger partial charge in [0.25, 0.3) is 0 Å². The van der Waals surface area contributed by atoms with Crippen LogP contribution in [0.1, 0.15) is 33.6 Å². The lowest BCUT2D eigenvalue weighted by atomic mass is 9.92. The first kappa shape index (κ1) is 14.2. The Labute approximate surface area is 102 Å². The van der Waals surface area contributed by atoms with Crippen LogP contribution in [0.5, 0.6) is 0 Å². The van der Waals surface area contributed by atoms with Gasteiger partial charge < -0.3 is 15.4 Å². The summed E-state index contributed by atoms with van der Waals surface area (Å²) in [5.41, 5.74) is 4.82. The van der Waals surface area contributed by atoms with E-state index in [-0.39, 0.29) is 18.6 Å². The average molecular weight is 246 g/mol. The number of likely N-dealkylation sites (tertiary alicyclic amines) is 1. The average Bonchev–Trinajstić information content (AvgIpc) is 2.26. The van der Waals surface area contributed by atoms with Gasteiger partial charge in [0.1, 0.15) is 11.8 Å².